The van der Waals surface area contributed by atoms with Crippen LogP contribution in [0.25, 0.3) is 0 Å². The highest BCUT2D eigenvalue weighted by atomic mass is 32.2. The van der Waals surface area contributed by atoms with E-state index in [1.807, 2.05) is 42.2 Å². The molecule has 2 fully saturated rings. The zero-order valence-corrected chi connectivity index (χ0v) is 16.7. The first-order valence-corrected chi connectivity index (χ1v) is 10.7. The normalized spacial score (nSPS) is 25.8. The molecule has 26 heavy (non-hydrogen) atoms. The van der Waals surface area contributed by atoms with E-state index in [4.69, 9.17) is 0 Å². The maximum absolute atomic E-state index is 13.1. The van der Waals surface area contributed by atoms with E-state index >= 15 is 0 Å². The zero-order chi connectivity index (χ0) is 18.9. The van der Waals surface area contributed by atoms with Gasteiger partial charge in [0, 0.05) is 39.8 Å². The Morgan fingerprint density at radius 3 is 2.50 bits per heavy atom. The van der Waals surface area contributed by atoms with Gasteiger partial charge < -0.3 is 4.90 Å². The van der Waals surface area contributed by atoms with Crippen molar-refractivity contribution in [1.82, 2.24) is 13.5 Å². The molecule has 0 unspecified atom stereocenters. The monoisotopic (exact) mass is 379 g/mol. The summed E-state index contributed by atoms with van der Waals surface area (Å²) in [4.78, 5) is 15.1. The fourth-order valence-electron chi connectivity index (χ4n) is 4.22. The van der Waals surface area contributed by atoms with Gasteiger partial charge >= 0.3 is 0 Å². The molecule has 0 aromatic heterocycles. The van der Waals surface area contributed by atoms with Crippen molar-refractivity contribution >= 4 is 16.1 Å². The first-order valence-electron chi connectivity index (χ1n) is 9.35. The van der Waals surface area contributed by atoms with E-state index < -0.39 is 10.2 Å². The van der Waals surface area contributed by atoms with Crippen LogP contribution in [0, 0.1) is 5.92 Å². The van der Waals surface area contributed by atoms with Crippen molar-refractivity contribution in [1.29, 1.82) is 0 Å². The van der Waals surface area contributed by atoms with Crippen LogP contribution in [-0.4, -0.2) is 67.6 Å². The van der Waals surface area contributed by atoms with Crippen LogP contribution >= 0.6 is 0 Å². The Hall–Kier alpha value is -1.44. The summed E-state index contributed by atoms with van der Waals surface area (Å²) in [5.74, 6) is 0.215. The molecule has 7 heteroatoms. The van der Waals surface area contributed by atoms with Crippen molar-refractivity contribution in [2.45, 2.75) is 38.1 Å². The molecule has 2 aliphatic heterocycles. The van der Waals surface area contributed by atoms with Gasteiger partial charge in [-0.2, -0.15) is 17.0 Å². The van der Waals surface area contributed by atoms with Crippen molar-refractivity contribution in [2.24, 2.45) is 5.92 Å². The van der Waals surface area contributed by atoms with Gasteiger partial charge in [-0.25, -0.2) is 0 Å². The summed E-state index contributed by atoms with van der Waals surface area (Å²) < 4.78 is 27.7. The maximum atomic E-state index is 13.1. The van der Waals surface area contributed by atoms with Gasteiger partial charge in [0.2, 0.25) is 5.91 Å². The van der Waals surface area contributed by atoms with Crippen LogP contribution < -0.4 is 0 Å². The Balaban J connectivity index is 1.73. The van der Waals surface area contributed by atoms with Gasteiger partial charge in [0.1, 0.15) is 0 Å². The third-order valence-corrected chi connectivity index (χ3v) is 7.68. The highest BCUT2D eigenvalue weighted by Crippen LogP contribution is 2.34. The van der Waals surface area contributed by atoms with Crippen LogP contribution in [0.3, 0.4) is 0 Å². The fourth-order valence-corrected chi connectivity index (χ4v) is 5.40. The van der Waals surface area contributed by atoms with Crippen LogP contribution in [0.15, 0.2) is 30.3 Å². The van der Waals surface area contributed by atoms with Gasteiger partial charge in [-0.05, 0) is 37.7 Å². The molecule has 0 saturated carbocycles. The predicted molar refractivity (Wildman–Crippen MR) is 102 cm³/mol. The van der Waals surface area contributed by atoms with Crippen LogP contribution in [0.1, 0.15) is 37.7 Å². The minimum absolute atomic E-state index is 0.149. The van der Waals surface area contributed by atoms with Crippen LogP contribution in [0.2, 0.25) is 0 Å². The van der Waals surface area contributed by atoms with E-state index in [-0.39, 0.29) is 23.8 Å². The van der Waals surface area contributed by atoms with Crippen LogP contribution in [0.5, 0.6) is 0 Å². The Kier molecular flexibility index (Phi) is 5.69. The zero-order valence-electron chi connectivity index (χ0n) is 15.8. The molecule has 0 spiro atoms. The lowest BCUT2D eigenvalue weighted by Crippen LogP contribution is -2.58. The van der Waals surface area contributed by atoms with E-state index in [9.17, 15) is 13.2 Å². The molecular weight excluding hydrogens is 350 g/mol. The predicted octanol–water partition coefficient (Wildman–Crippen LogP) is 1.91. The summed E-state index contributed by atoms with van der Waals surface area (Å²) >= 11 is 0. The topological polar surface area (TPSA) is 60.9 Å². The first-order chi connectivity index (χ1) is 12.3. The molecule has 2 aliphatic rings. The molecule has 2 heterocycles. The number of likely N-dealkylation sites (tertiary alicyclic amines) is 1. The van der Waals surface area contributed by atoms with Gasteiger partial charge in [-0.15, -0.1) is 0 Å². The third-order valence-electron chi connectivity index (χ3n) is 5.77. The summed E-state index contributed by atoms with van der Waals surface area (Å²) in [5.41, 5.74) is 1.03. The van der Waals surface area contributed by atoms with E-state index in [1.54, 1.807) is 18.4 Å². The van der Waals surface area contributed by atoms with Gasteiger partial charge in [0.15, 0.2) is 0 Å². The number of benzene rings is 1. The first kappa shape index (κ1) is 19.3. The number of hydrogen-bond donors (Lipinski definition) is 0. The molecule has 0 N–H and O–H groups in total. The molecule has 3 atom stereocenters. The number of carbonyl (C=O) groups is 1. The fraction of sp³-hybridized carbons (Fsp3) is 0.632. The molecule has 1 aromatic rings. The molecule has 144 valence electrons. The highest BCUT2D eigenvalue weighted by Gasteiger charge is 2.42. The lowest BCUT2D eigenvalue weighted by atomic mass is 9.83. The van der Waals surface area contributed by atoms with Gasteiger partial charge in [-0.3, -0.25) is 4.79 Å². The van der Waals surface area contributed by atoms with Crippen molar-refractivity contribution in [3.63, 3.8) is 0 Å². The van der Waals surface area contributed by atoms with Gasteiger partial charge in [0.05, 0.1) is 5.92 Å². The number of fused-ring (bicyclic) bond motifs is 1. The van der Waals surface area contributed by atoms with E-state index in [0.717, 1.165) is 24.9 Å². The number of rotatable bonds is 4. The second kappa shape index (κ2) is 7.66. The molecule has 6 nitrogen and oxygen atoms in total. The summed E-state index contributed by atoms with van der Waals surface area (Å²) in [6.45, 7) is 3.73. The van der Waals surface area contributed by atoms with E-state index in [0.29, 0.717) is 19.5 Å². The van der Waals surface area contributed by atoms with E-state index in [2.05, 4.69) is 0 Å². The Morgan fingerprint density at radius 1 is 1.15 bits per heavy atom. The van der Waals surface area contributed by atoms with Crippen molar-refractivity contribution in [3.8, 4) is 0 Å². The maximum Gasteiger partial charge on any atom is 0.281 e. The minimum atomic E-state index is -3.38. The standard InChI is InChI=1S/C19H29N3O3S/c1-15(16-8-5-4-6-9-16)19(23)22-12-7-10-17-14-21(13-11-18(17)22)26(24,25)20(2)3/h4-6,8-9,15,17-18H,7,10-14H2,1-3H3/t15-,17-,18+/m1/s1. The smallest absolute Gasteiger partial charge is 0.281 e. The van der Waals surface area contributed by atoms with Crippen molar-refractivity contribution in [2.75, 3.05) is 33.7 Å². The molecule has 1 aromatic carbocycles. The highest BCUT2D eigenvalue weighted by molar-refractivity contribution is 7.86. The van der Waals surface area contributed by atoms with Crippen LogP contribution in [0.4, 0.5) is 0 Å². The second-order valence-corrected chi connectivity index (χ2v) is 9.71. The Labute approximate surface area is 157 Å². The average Bonchev–Trinajstić information content (AvgIpc) is 2.66. The minimum Gasteiger partial charge on any atom is -0.339 e. The molecule has 1 amide bonds. The van der Waals surface area contributed by atoms with Crippen LogP contribution in [-0.2, 0) is 15.0 Å². The quantitative estimate of drug-likeness (QED) is 0.803. The number of carbonyl (C=O) groups excluding carboxylic acids is 1. The van der Waals surface area contributed by atoms with Crippen molar-refractivity contribution in [3.05, 3.63) is 35.9 Å². The Morgan fingerprint density at radius 2 is 1.85 bits per heavy atom. The van der Waals surface area contributed by atoms with E-state index in [1.165, 1.54) is 4.31 Å². The number of hydrogen-bond acceptors (Lipinski definition) is 3. The SMILES string of the molecule is C[C@@H](C(=O)N1CCC[C@@H]2CN(S(=O)(=O)N(C)C)CC[C@@H]21)c1ccccc1. The third kappa shape index (κ3) is 3.66. The number of amides is 1. The molecule has 3 rings (SSSR count). The van der Waals surface area contributed by atoms with Gasteiger partial charge in [0.25, 0.3) is 10.2 Å². The second-order valence-electron chi connectivity index (χ2n) is 7.57. The van der Waals surface area contributed by atoms with Crippen molar-refractivity contribution < 1.29 is 13.2 Å². The molecule has 2 saturated heterocycles. The summed E-state index contributed by atoms with van der Waals surface area (Å²) in [5, 5.41) is 0. The molecule has 0 radical (unpaired) electrons. The number of nitrogens with zero attached hydrogens (tertiary/aromatic N) is 3. The summed E-state index contributed by atoms with van der Waals surface area (Å²) in [7, 11) is -0.246. The lowest BCUT2D eigenvalue weighted by Gasteiger charge is -2.47. The molecule has 0 aliphatic carbocycles. The number of piperidine rings is 2. The summed E-state index contributed by atoms with van der Waals surface area (Å²) in [6, 6.07) is 10.0. The lowest BCUT2D eigenvalue weighted by molar-refractivity contribution is -0.139. The van der Waals surface area contributed by atoms with Gasteiger partial charge in [-0.1, -0.05) is 30.3 Å². The average molecular weight is 380 g/mol. The Bertz CT molecular complexity index is 736. The largest absolute Gasteiger partial charge is 0.339 e. The summed E-state index contributed by atoms with van der Waals surface area (Å²) in [6.07, 6.45) is 2.63. The molecular formula is C19H29N3O3S. The molecule has 0 bridgehead atoms.